The van der Waals surface area contributed by atoms with Gasteiger partial charge >= 0.3 is 0 Å². The number of hydrogen-bond donors (Lipinski definition) is 1. The Balaban J connectivity index is 2.98. The number of rotatable bonds is 11. The lowest BCUT2D eigenvalue weighted by Gasteiger charge is -2.09. The molecule has 2 N–H and O–H groups in total. The van der Waals surface area contributed by atoms with Crippen molar-refractivity contribution in [3.8, 4) is 0 Å². The highest BCUT2D eigenvalue weighted by Gasteiger charge is 1.99. The van der Waals surface area contributed by atoms with Crippen LogP contribution in [-0.2, 0) is 0 Å². The topological polar surface area (TPSA) is 26.0 Å². The van der Waals surface area contributed by atoms with Gasteiger partial charge in [0.2, 0.25) is 0 Å². The number of hydrogen-bond acceptors (Lipinski definition) is 1. The fourth-order valence-corrected chi connectivity index (χ4v) is 2.06. The van der Waals surface area contributed by atoms with Gasteiger partial charge in [0.05, 0.1) is 0 Å². The van der Waals surface area contributed by atoms with Crippen LogP contribution >= 0.6 is 0 Å². The van der Waals surface area contributed by atoms with Crippen molar-refractivity contribution in [1.82, 2.24) is 0 Å². The highest BCUT2D eigenvalue weighted by molar-refractivity contribution is 4.60. The van der Waals surface area contributed by atoms with E-state index in [1.54, 1.807) is 0 Å². The Morgan fingerprint density at radius 3 is 1.73 bits per heavy atom. The van der Waals surface area contributed by atoms with Crippen LogP contribution in [0.2, 0.25) is 0 Å². The third kappa shape index (κ3) is 11.9. The van der Waals surface area contributed by atoms with Crippen LogP contribution in [0.15, 0.2) is 0 Å². The van der Waals surface area contributed by atoms with E-state index < -0.39 is 0 Å². The minimum atomic E-state index is 0.468. The standard InChI is InChI=1S/C14H31N/c1-3-5-6-7-8-9-10-11-13-14(15)12-4-2/h14H,3-13,15H2,1-2H3. The van der Waals surface area contributed by atoms with E-state index in [4.69, 9.17) is 5.73 Å². The molecule has 1 atom stereocenters. The summed E-state index contributed by atoms with van der Waals surface area (Å²) in [5.41, 5.74) is 5.96. The lowest BCUT2D eigenvalue weighted by atomic mass is 10.0. The summed E-state index contributed by atoms with van der Waals surface area (Å²) in [6.07, 6.45) is 14.9. The average molecular weight is 213 g/mol. The smallest absolute Gasteiger partial charge is 0.00387 e. The Morgan fingerprint density at radius 1 is 0.667 bits per heavy atom. The molecule has 0 heterocycles. The molecule has 1 unspecified atom stereocenters. The Kier molecular flexibility index (Phi) is 12.0. The molecule has 0 aliphatic heterocycles. The van der Waals surface area contributed by atoms with E-state index in [1.165, 1.54) is 70.6 Å². The average Bonchev–Trinajstić information content (AvgIpc) is 2.22. The van der Waals surface area contributed by atoms with Gasteiger partial charge in [-0.15, -0.1) is 0 Å². The molecule has 15 heavy (non-hydrogen) atoms. The monoisotopic (exact) mass is 213 g/mol. The van der Waals surface area contributed by atoms with Gasteiger partial charge in [-0.2, -0.15) is 0 Å². The van der Waals surface area contributed by atoms with Crippen molar-refractivity contribution in [3.63, 3.8) is 0 Å². The minimum absolute atomic E-state index is 0.468. The third-order valence-electron chi connectivity index (χ3n) is 3.09. The molecule has 0 spiro atoms. The molecule has 0 saturated heterocycles. The molecule has 0 aromatic heterocycles. The molecule has 0 fully saturated rings. The molecule has 1 heteroatoms. The molecule has 0 aromatic rings. The van der Waals surface area contributed by atoms with Crippen molar-refractivity contribution in [1.29, 1.82) is 0 Å². The Bertz CT molecular complexity index is 112. The van der Waals surface area contributed by atoms with Crippen LogP contribution in [0.5, 0.6) is 0 Å². The number of unbranched alkanes of at least 4 members (excludes halogenated alkanes) is 7. The van der Waals surface area contributed by atoms with Crippen LogP contribution < -0.4 is 5.73 Å². The third-order valence-corrected chi connectivity index (χ3v) is 3.09. The van der Waals surface area contributed by atoms with E-state index in [-0.39, 0.29) is 0 Å². The van der Waals surface area contributed by atoms with Crippen LogP contribution in [0.4, 0.5) is 0 Å². The highest BCUT2D eigenvalue weighted by atomic mass is 14.6. The van der Waals surface area contributed by atoms with Crippen LogP contribution in [-0.4, -0.2) is 6.04 Å². The van der Waals surface area contributed by atoms with Crippen molar-refractivity contribution >= 4 is 0 Å². The van der Waals surface area contributed by atoms with E-state index in [2.05, 4.69) is 13.8 Å². The summed E-state index contributed by atoms with van der Waals surface area (Å²) in [6.45, 7) is 4.49. The zero-order chi connectivity index (χ0) is 11.4. The first kappa shape index (κ1) is 15.0. The maximum Gasteiger partial charge on any atom is 0.00387 e. The summed E-state index contributed by atoms with van der Waals surface area (Å²) in [6, 6.07) is 0.468. The van der Waals surface area contributed by atoms with Gasteiger partial charge < -0.3 is 5.73 Å². The van der Waals surface area contributed by atoms with Gasteiger partial charge in [-0.1, -0.05) is 71.6 Å². The van der Waals surface area contributed by atoms with E-state index in [9.17, 15) is 0 Å². The molecule has 0 bridgehead atoms. The van der Waals surface area contributed by atoms with Crippen LogP contribution in [0.1, 0.15) is 84.5 Å². The quantitative estimate of drug-likeness (QED) is 0.497. The van der Waals surface area contributed by atoms with Crippen molar-refractivity contribution in [3.05, 3.63) is 0 Å². The fraction of sp³-hybridized carbons (Fsp3) is 1.00. The second kappa shape index (κ2) is 12.0. The molecule has 92 valence electrons. The summed E-state index contributed by atoms with van der Waals surface area (Å²) >= 11 is 0. The molecule has 0 aliphatic carbocycles. The van der Waals surface area contributed by atoms with Crippen molar-refractivity contribution in [2.75, 3.05) is 0 Å². The second-order valence-corrected chi connectivity index (χ2v) is 4.81. The van der Waals surface area contributed by atoms with Crippen molar-refractivity contribution < 1.29 is 0 Å². The van der Waals surface area contributed by atoms with Gasteiger partial charge in [-0.3, -0.25) is 0 Å². The van der Waals surface area contributed by atoms with Crippen molar-refractivity contribution in [2.45, 2.75) is 90.5 Å². The molecule has 0 saturated carbocycles. The molecule has 0 amide bonds. The van der Waals surface area contributed by atoms with Gasteiger partial charge in [-0.25, -0.2) is 0 Å². The predicted octanol–water partition coefficient (Wildman–Crippen LogP) is 4.64. The maximum atomic E-state index is 5.96. The highest BCUT2D eigenvalue weighted by Crippen LogP contribution is 2.11. The van der Waals surface area contributed by atoms with Gasteiger partial charge in [0, 0.05) is 6.04 Å². The Hall–Kier alpha value is -0.0400. The van der Waals surface area contributed by atoms with Gasteiger partial charge in [-0.05, 0) is 12.8 Å². The van der Waals surface area contributed by atoms with Crippen LogP contribution in [0.25, 0.3) is 0 Å². The lowest BCUT2D eigenvalue weighted by Crippen LogP contribution is -2.18. The molecular formula is C14H31N. The van der Waals surface area contributed by atoms with Crippen molar-refractivity contribution in [2.24, 2.45) is 5.73 Å². The summed E-state index contributed by atoms with van der Waals surface area (Å²) in [7, 11) is 0. The summed E-state index contributed by atoms with van der Waals surface area (Å²) in [5, 5.41) is 0. The SMILES string of the molecule is CCCCCCCCCCC(N)CCC. The zero-order valence-corrected chi connectivity index (χ0v) is 10.9. The molecule has 0 rings (SSSR count). The lowest BCUT2D eigenvalue weighted by molar-refractivity contribution is 0.504. The molecule has 0 aromatic carbocycles. The first-order valence-electron chi connectivity index (χ1n) is 7.06. The molecule has 0 aliphatic rings. The van der Waals surface area contributed by atoms with Crippen LogP contribution in [0.3, 0.4) is 0 Å². The normalized spacial score (nSPS) is 13.0. The van der Waals surface area contributed by atoms with Gasteiger partial charge in [0.25, 0.3) is 0 Å². The minimum Gasteiger partial charge on any atom is -0.328 e. The zero-order valence-electron chi connectivity index (χ0n) is 10.9. The van der Waals surface area contributed by atoms with E-state index >= 15 is 0 Å². The first-order chi connectivity index (χ1) is 7.31. The first-order valence-corrected chi connectivity index (χ1v) is 7.06. The molecule has 1 nitrogen and oxygen atoms in total. The Morgan fingerprint density at radius 2 is 1.20 bits per heavy atom. The van der Waals surface area contributed by atoms with E-state index in [1.807, 2.05) is 0 Å². The predicted molar refractivity (Wildman–Crippen MR) is 70.1 cm³/mol. The Labute approximate surface area is 96.8 Å². The molecule has 0 radical (unpaired) electrons. The fourth-order valence-electron chi connectivity index (χ4n) is 2.06. The summed E-state index contributed by atoms with van der Waals surface area (Å²) in [4.78, 5) is 0. The summed E-state index contributed by atoms with van der Waals surface area (Å²) < 4.78 is 0. The molecular weight excluding hydrogens is 182 g/mol. The van der Waals surface area contributed by atoms with Gasteiger partial charge in [0.15, 0.2) is 0 Å². The number of nitrogens with two attached hydrogens (primary N) is 1. The van der Waals surface area contributed by atoms with E-state index in [0.717, 1.165) is 0 Å². The largest absolute Gasteiger partial charge is 0.328 e. The summed E-state index contributed by atoms with van der Waals surface area (Å²) in [5.74, 6) is 0. The van der Waals surface area contributed by atoms with E-state index in [0.29, 0.717) is 6.04 Å². The maximum absolute atomic E-state index is 5.96. The van der Waals surface area contributed by atoms with Crippen LogP contribution in [0, 0.1) is 0 Å². The van der Waals surface area contributed by atoms with Gasteiger partial charge in [0.1, 0.15) is 0 Å². The second-order valence-electron chi connectivity index (χ2n) is 4.81.